The zero-order chi connectivity index (χ0) is 22.5. The van der Waals surface area contributed by atoms with Crippen molar-refractivity contribution in [3.05, 3.63) is 94.6 Å². The third-order valence-corrected chi connectivity index (χ3v) is 6.12. The lowest BCUT2D eigenvalue weighted by atomic mass is 9.96. The van der Waals surface area contributed by atoms with Crippen molar-refractivity contribution in [3.63, 3.8) is 0 Å². The van der Waals surface area contributed by atoms with Crippen molar-refractivity contribution in [2.24, 2.45) is 0 Å². The molecule has 1 amide bonds. The van der Waals surface area contributed by atoms with E-state index in [-0.39, 0.29) is 5.91 Å². The number of β-amino-alcohol motifs (C(OH)–C–C–N with tert-alkyl or cyclic N) is 1. The highest BCUT2D eigenvalue weighted by atomic mass is 16.3. The fourth-order valence-corrected chi connectivity index (χ4v) is 4.50. The van der Waals surface area contributed by atoms with Crippen LogP contribution >= 0.6 is 0 Å². The van der Waals surface area contributed by atoms with Gasteiger partial charge in [0, 0.05) is 49.4 Å². The molecule has 0 saturated carbocycles. The van der Waals surface area contributed by atoms with E-state index in [2.05, 4.69) is 47.6 Å². The topological polar surface area (TPSA) is 43.8 Å². The molecule has 0 spiro atoms. The van der Waals surface area contributed by atoms with Crippen molar-refractivity contribution in [3.8, 4) is 11.8 Å². The molecule has 1 atom stereocenters. The monoisotopic (exact) mass is 426 g/mol. The largest absolute Gasteiger partial charge is 0.390 e. The van der Waals surface area contributed by atoms with Crippen LogP contribution < -0.4 is 0 Å². The summed E-state index contributed by atoms with van der Waals surface area (Å²) in [5, 5.41) is 10.7. The molecule has 4 nitrogen and oxygen atoms in total. The Kier molecular flexibility index (Phi) is 6.90. The molecule has 164 valence electrons. The average Bonchev–Trinajstić information content (AvgIpc) is 2.79. The predicted molar refractivity (Wildman–Crippen MR) is 128 cm³/mol. The number of carbonyl (C=O) groups excluding carboxylic acids is 1. The van der Waals surface area contributed by atoms with Gasteiger partial charge in [0.2, 0.25) is 0 Å². The molecule has 4 heteroatoms. The van der Waals surface area contributed by atoms with Crippen LogP contribution in [0.1, 0.15) is 39.5 Å². The van der Waals surface area contributed by atoms with Gasteiger partial charge in [-0.05, 0) is 54.7 Å². The van der Waals surface area contributed by atoms with Crippen molar-refractivity contribution >= 4 is 5.91 Å². The van der Waals surface area contributed by atoms with E-state index < -0.39 is 6.10 Å². The van der Waals surface area contributed by atoms with E-state index in [0.29, 0.717) is 25.2 Å². The van der Waals surface area contributed by atoms with Gasteiger partial charge in [-0.1, -0.05) is 54.8 Å². The molecular weight excluding hydrogens is 396 g/mol. The van der Waals surface area contributed by atoms with Crippen LogP contribution in [-0.4, -0.2) is 53.1 Å². The highest BCUT2D eigenvalue weighted by Crippen LogP contribution is 2.22. The van der Waals surface area contributed by atoms with Gasteiger partial charge in [-0.25, -0.2) is 0 Å². The molecule has 1 unspecified atom stereocenters. The second-order valence-corrected chi connectivity index (χ2v) is 8.56. The summed E-state index contributed by atoms with van der Waals surface area (Å²) in [6.45, 7) is 9.19. The number of hydrogen-bond acceptors (Lipinski definition) is 3. The van der Waals surface area contributed by atoms with E-state index in [0.717, 1.165) is 42.6 Å². The quantitative estimate of drug-likeness (QED) is 0.587. The first-order valence-electron chi connectivity index (χ1n) is 11.3. The van der Waals surface area contributed by atoms with Crippen LogP contribution in [0.5, 0.6) is 0 Å². The zero-order valence-corrected chi connectivity index (χ0v) is 18.7. The van der Waals surface area contributed by atoms with Gasteiger partial charge in [-0.2, -0.15) is 0 Å². The summed E-state index contributed by atoms with van der Waals surface area (Å²) >= 11 is 0. The first-order chi connectivity index (χ1) is 15.5. The number of hydrogen-bond donors (Lipinski definition) is 1. The van der Waals surface area contributed by atoms with E-state index in [1.807, 2.05) is 37.3 Å². The van der Waals surface area contributed by atoms with Gasteiger partial charge in [0.1, 0.15) is 0 Å². The lowest BCUT2D eigenvalue weighted by Crippen LogP contribution is -2.46. The molecule has 0 saturated heterocycles. The lowest BCUT2D eigenvalue weighted by molar-refractivity contribution is 0.0493. The molecule has 2 aliphatic heterocycles. The van der Waals surface area contributed by atoms with E-state index in [1.54, 1.807) is 4.90 Å². The Hall–Kier alpha value is -3.13. The van der Waals surface area contributed by atoms with E-state index in [9.17, 15) is 9.90 Å². The van der Waals surface area contributed by atoms with Crippen molar-refractivity contribution in [1.82, 2.24) is 9.80 Å². The molecule has 2 heterocycles. The van der Waals surface area contributed by atoms with Gasteiger partial charge >= 0.3 is 0 Å². The summed E-state index contributed by atoms with van der Waals surface area (Å²) in [4.78, 5) is 17.1. The maximum Gasteiger partial charge on any atom is 0.254 e. The smallest absolute Gasteiger partial charge is 0.254 e. The molecule has 32 heavy (non-hydrogen) atoms. The fourth-order valence-electron chi connectivity index (χ4n) is 4.50. The van der Waals surface area contributed by atoms with Gasteiger partial charge in [0.25, 0.3) is 5.91 Å². The van der Waals surface area contributed by atoms with Crippen LogP contribution in [0.3, 0.4) is 0 Å². The number of carbonyl (C=O) groups is 1. The second-order valence-electron chi connectivity index (χ2n) is 8.56. The minimum absolute atomic E-state index is 0.00729. The van der Waals surface area contributed by atoms with Gasteiger partial charge in [0.05, 0.1) is 6.10 Å². The fraction of sp³-hybridized carbons (Fsp3) is 0.321. The van der Waals surface area contributed by atoms with E-state index >= 15 is 0 Å². The molecule has 1 N–H and O–H groups in total. The molecule has 0 radical (unpaired) electrons. The van der Waals surface area contributed by atoms with Crippen molar-refractivity contribution in [2.75, 3.05) is 26.2 Å². The number of allylic oxidation sites excluding steroid dienone is 3. The number of fused-ring (bicyclic) bond motifs is 2. The molecule has 0 aliphatic carbocycles. The maximum atomic E-state index is 13.0. The van der Waals surface area contributed by atoms with Crippen LogP contribution in [-0.2, 0) is 19.4 Å². The highest BCUT2D eigenvalue weighted by molar-refractivity contribution is 5.97. The number of aliphatic hydroxyl groups excluding tert-OH is 1. The molecule has 2 aromatic rings. The Morgan fingerprint density at radius 3 is 2.72 bits per heavy atom. The van der Waals surface area contributed by atoms with E-state index in [4.69, 9.17) is 0 Å². The van der Waals surface area contributed by atoms with Crippen molar-refractivity contribution < 1.29 is 9.90 Å². The van der Waals surface area contributed by atoms with Gasteiger partial charge < -0.3 is 10.0 Å². The summed E-state index contributed by atoms with van der Waals surface area (Å²) in [7, 11) is 0. The maximum absolute atomic E-state index is 13.0. The lowest BCUT2D eigenvalue weighted by Gasteiger charge is -2.34. The molecule has 2 aliphatic rings. The third kappa shape index (κ3) is 5.19. The standard InChI is InChI=1S/C28H30N2O2/c1-3-6-21(2)9-10-22-11-12-27-24(17-22)14-16-30(28(27)32)20-26(31)19-29-15-13-23-7-4-5-8-25(23)18-29/h3-8,11-12,17,26,31H,2,13-16,18-20H2,1H3/b6-3-. The molecule has 4 rings (SSSR count). The molecule has 0 fully saturated rings. The van der Waals surface area contributed by atoms with Crippen LogP contribution in [0.4, 0.5) is 0 Å². The third-order valence-electron chi connectivity index (χ3n) is 6.12. The summed E-state index contributed by atoms with van der Waals surface area (Å²) < 4.78 is 0. The molecule has 0 bridgehead atoms. The number of nitrogens with zero attached hydrogens (tertiary/aromatic N) is 2. The Balaban J connectivity index is 1.36. The Labute approximate surface area is 190 Å². The van der Waals surface area contributed by atoms with Crippen LogP contribution in [0.2, 0.25) is 0 Å². The number of benzene rings is 2. The summed E-state index contributed by atoms with van der Waals surface area (Å²) in [6.07, 6.45) is 5.01. The van der Waals surface area contributed by atoms with Gasteiger partial charge in [-0.15, -0.1) is 0 Å². The van der Waals surface area contributed by atoms with Crippen LogP contribution in [0.25, 0.3) is 0 Å². The first-order valence-corrected chi connectivity index (χ1v) is 11.3. The van der Waals surface area contributed by atoms with Gasteiger partial charge in [0.15, 0.2) is 0 Å². The number of amides is 1. The van der Waals surface area contributed by atoms with Crippen molar-refractivity contribution in [1.29, 1.82) is 0 Å². The van der Waals surface area contributed by atoms with Crippen LogP contribution in [0.15, 0.2) is 66.8 Å². The molecule has 0 aromatic heterocycles. The normalized spacial score (nSPS) is 16.8. The summed E-state index contributed by atoms with van der Waals surface area (Å²) in [6, 6.07) is 14.2. The minimum Gasteiger partial charge on any atom is -0.390 e. The highest BCUT2D eigenvalue weighted by Gasteiger charge is 2.27. The molecular formula is C28H30N2O2. The zero-order valence-electron chi connectivity index (χ0n) is 18.7. The number of rotatable bonds is 5. The van der Waals surface area contributed by atoms with Crippen LogP contribution in [0, 0.1) is 11.8 Å². The second kappa shape index (κ2) is 9.99. The first kappa shape index (κ1) is 22.1. The summed E-state index contributed by atoms with van der Waals surface area (Å²) in [5.41, 5.74) is 6.13. The van der Waals surface area contributed by atoms with Gasteiger partial charge in [-0.3, -0.25) is 9.69 Å². The average molecular weight is 427 g/mol. The SMILES string of the molecule is C=C(C#Cc1ccc2c(c1)CCN(CC(O)CN1CCc3ccccc3C1)C2=O)/C=C\C. The minimum atomic E-state index is -0.562. The Morgan fingerprint density at radius 1 is 1.12 bits per heavy atom. The number of aliphatic hydroxyl groups is 1. The molecule has 2 aromatic carbocycles. The Morgan fingerprint density at radius 2 is 1.91 bits per heavy atom. The predicted octanol–water partition coefficient (Wildman–Crippen LogP) is 3.59. The summed E-state index contributed by atoms with van der Waals surface area (Å²) in [5.74, 6) is 6.15. The Bertz CT molecular complexity index is 1110. The van der Waals surface area contributed by atoms with Crippen molar-refractivity contribution in [2.45, 2.75) is 32.4 Å². The van der Waals surface area contributed by atoms with E-state index in [1.165, 1.54) is 11.1 Å².